The van der Waals surface area contributed by atoms with Crippen molar-refractivity contribution in [2.75, 3.05) is 13.1 Å². The zero-order chi connectivity index (χ0) is 17.7. The van der Waals surface area contributed by atoms with E-state index in [1.165, 1.54) is 0 Å². The average Bonchev–Trinajstić information content (AvgIpc) is 2.13. The summed E-state index contributed by atoms with van der Waals surface area (Å²) in [6.07, 6.45) is 0. The number of carboxylic acids is 4. The Labute approximate surface area is 255 Å². The van der Waals surface area contributed by atoms with Gasteiger partial charge in [0.05, 0.1) is 0 Å². The predicted molar refractivity (Wildman–Crippen MR) is 110 cm³/mol. The maximum atomic E-state index is 9.00. The molecule has 10 nitrogen and oxygen atoms in total. The third-order valence-electron chi connectivity index (χ3n) is 0.167. The number of carboxylic acid groups (broad SMARTS) is 4. The molecule has 0 saturated carbocycles. The molecule has 0 heterocycles. The van der Waals surface area contributed by atoms with Crippen LogP contribution < -0.4 is 11.5 Å². The van der Waals surface area contributed by atoms with Gasteiger partial charge in [0.15, 0.2) is 0 Å². The third kappa shape index (κ3) is 1200. The van der Waals surface area contributed by atoms with E-state index in [1.807, 2.05) is 0 Å². The Morgan fingerprint density at radius 1 is 0.560 bits per heavy atom. The maximum absolute atomic E-state index is 9.00. The van der Waals surface area contributed by atoms with Crippen LogP contribution >= 0.6 is 0 Å². The van der Waals surface area contributed by atoms with Gasteiger partial charge >= 0.3 is 144 Å². The summed E-state index contributed by atoms with van der Waals surface area (Å²) in [5.74, 6) is -3.33. The van der Waals surface area contributed by atoms with Crippen LogP contribution in [-0.4, -0.2) is 202 Å². The van der Waals surface area contributed by atoms with Crippen LogP contribution in [0.25, 0.3) is 0 Å². The van der Waals surface area contributed by atoms with E-state index in [4.69, 9.17) is 51.1 Å². The van der Waals surface area contributed by atoms with Crippen molar-refractivity contribution in [1.82, 2.24) is 0 Å². The molecular formula is C10H31BiN2Na4O8. The average molecular weight is 608 g/mol. The summed E-state index contributed by atoms with van der Waals surface area (Å²) in [6, 6.07) is 0. The molecule has 0 aliphatic carbocycles. The molecule has 0 aliphatic heterocycles. The molecule has 0 radical (unpaired) electrons. The van der Waals surface area contributed by atoms with Crippen LogP contribution in [0.4, 0.5) is 0 Å². The Bertz CT molecular complexity index is 211. The Balaban J connectivity index is -0.0000000134. The van der Waals surface area contributed by atoms with Crippen LogP contribution in [-0.2, 0) is 19.2 Å². The zero-order valence-electron chi connectivity index (χ0n) is 12.7. The van der Waals surface area contributed by atoms with Crippen molar-refractivity contribution in [2.45, 2.75) is 27.7 Å². The molecule has 0 aromatic carbocycles. The molecular weight excluding hydrogens is 577 g/mol. The van der Waals surface area contributed by atoms with Crippen molar-refractivity contribution in [3.63, 3.8) is 0 Å². The standard InChI is InChI=1S/C2H8N2.4C2H4O2.Bi.4Na.7H/c3-1-2-4;4*1-2(3)4;;;;;;;;;;;;/h1-4H2;4*1H3,(H,3,4);;;;;;;;;;;;. The van der Waals surface area contributed by atoms with Crippen molar-refractivity contribution in [1.29, 1.82) is 0 Å². The number of aliphatic carboxylic acids is 4. The van der Waals surface area contributed by atoms with Gasteiger partial charge < -0.3 is 31.9 Å². The predicted octanol–water partition coefficient (Wildman–Crippen LogP) is -4.51. The van der Waals surface area contributed by atoms with Gasteiger partial charge in [0.1, 0.15) is 0 Å². The van der Waals surface area contributed by atoms with Crippen molar-refractivity contribution in [3.05, 3.63) is 0 Å². The second-order valence-corrected chi connectivity index (χ2v) is 2.65. The van der Waals surface area contributed by atoms with Gasteiger partial charge in [0.2, 0.25) is 0 Å². The molecule has 0 aromatic heterocycles. The first-order valence-electron chi connectivity index (χ1n) is 5.03. The van der Waals surface area contributed by atoms with E-state index in [0.717, 1.165) is 27.7 Å². The van der Waals surface area contributed by atoms with E-state index < -0.39 is 23.9 Å². The summed E-state index contributed by atoms with van der Waals surface area (Å²) >= 11 is 0. The Morgan fingerprint density at radius 3 is 0.600 bits per heavy atom. The first-order chi connectivity index (χ1) is 8.84. The van der Waals surface area contributed by atoms with Crippen molar-refractivity contribution >= 4 is 168 Å². The van der Waals surface area contributed by atoms with Gasteiger partial charge in [0, 0.05) is 40.8 Å². The molecule has 0 fully saturated rings. The van der Waals surface area contributed by atoms with Crippen LogP contribution in [0.5, 0.6) is 0 Å². The van der Waals surface area contributed by atoms with E-state index in [2.05, 4.69) is 0 Å². The fraction of sp³-hybridized carbons (Fsp3) is 0.600. The molecule has 25 heavy (non-hydrogen) atoms. The van der Waals surface area contributed by atoms with Gasteiger partial charge in [-0.15, -0.1) is 0 Å². The normalized spacial score (nSPS) is 5.20. The quantitative estimate of drug-likeness (QED) is 0.158. The van der Waals surface area contributed by atoms with E-state index in [9.17, 15) is 0 Å². The van der Waals surface area contributed by atoms with E-state index in [0.29, 0.717) is 13.1 Å². The molecule has 0 atom stereocenters. The number of carbonyl (C=O) groups is 4. The van der Waals surface area contributed by atoms with Crippen molar-refractivity contribution in [3.8, 4) is 0 Å². The monoisotopic (exact) mass is 608 g/mol. The fourth-order valence-electron chi connectivity index (χ4n) is 0. The van der Waals surface area contributed by atoms with E-state index in [1.54, 1.807) is 0 Å². The molecule has 0 bridgehead atoms. The minimum absolute atomic E-state index is 0. The molecule has 15 heteroatoms. The Hall–Kier alpha value is 2.68. The summed E-state index contributed by atoms with van der Waals surface area (Å²) in [7, 11) is 0. The van der Waals surface area contributed by atoms with Gasteiger partial charge in [-0.2, -0.15) is 0 Å². The molecule has 0 rings (SSSR count). The second-order valence-electron chi connectivity index (χ2n) is 2.65. The van der Waals surface area contributed by atoms with Gasteiger partial charge in [-0.05, 0) is 0 Å². The molecule has 0 aromatic rings. The molecule has 0 aliphatic rings. The van der Waals surface area contributed by atoms with Gasteiger partial charge in [-0.3, -0.25) is 19.2 Å². The van der Waals surface area contributed by atoms with Crippen LogP contribution in [0.1, 0.15) is 27.7 Å². The van der Waals surface area contributed by atoms with Crippen LogP contribution in [0.15, 0.2) is 0 Å². The van der Waals surface area contributed by atoms with E-state index in [-0.39, 0.29) is 144 Å². The topological polar surface area (TPSA) is 201 Å². The SMILES string of the molecule is CC(=O)O.CC(=O)O.CC(=O)O.CC(=O)O.NCCN.[BiH3].[NaH].[NaH].[NaH].[NaH]. The molecule has 0 amide bonds. The molecule has 8 N–H and O–H groups in total. The Morgan fingerprint density at radius 2 is 0.600 bits per heavy atom. The number of rotatable bonds is 1. The number of hydrogen-bond donors (Lipinski definition) is 6. The minimum atomic E-state index is -0.833. The molecule has 138 valence electrons. The van der Waals surface area contributed by atoms with E-state index >= 15 is 0 Å². The summed E-state index contributed by atoms with van der Waals surface area (Å²) in [5, 5.41) is 29.7. The van der Waals surface area contributed by atoms with Gasteiger partial charge in [-0.1, -0.05) is 0 Å². The van der Waals surface area contributed by atoms with Crippen LogP contribution in [0.3, 0.4) is 0 Å². The van der Waals surface area contributed by atoms with Crippen LogP contribution in [0.2, 0.25) is 0 Å². The van der Waals surface area contributed by atoms with Crippen molar-refractivity contribution in [2.24, 2.45) is 11.5 Å². The summed E-state index contributed by atoms with van der Waals surface area (Å²) < 4.78 is 0. The van der Waals surface area contributed by atoms with Crippen molar-refractivity contribution < 1.29 is 39.6 Å². The second kappa shape index (κ2) is 63.2. The molecule has 0 spiro atoms. The van der Waals surface area contributed by atoms with Gasteiger partial charge in [0.25, 0.3) is 23.9 Å². The van der Waals surface area contributed by atoms with Crippen LogP contribution in [0, 0.1) is 0 Å². The number of nitrogens with two attached hydrogens (primary N) is 2. The zero-order valence-corrected chi connectivity index (χ0v) is 18.2. The Kier molecular flexibility index (Phi) is 159. The first-order valence-corrected chi connectivity index (χ1v) is 5.03. The summed E-state index contributed by atoms with van der Waals surface area (Å²) in [4.78, 5) is 36.0. The third-order valence-corrected chi connectivity index (χ3v) is 0.167. The summed E-state index contributed by atoms with van der Waals surface area (Å²) in [6.45, 7) is 5.53. The molecule has 0 saturated heterocycles. The molecule has 0 unspecified atom stereocenters. The van der Waals surface area contributed by atoms with Gasteiger partial charge in [-0.25, -0.2) is 0 Å². The number of hydrogen-bond acceptors (Lipinski definition) is 6. The fourth-order valence-corrected chi connectivity index (χ4v) is 0. The first kappa shape index (κ1) is 63.0. The summed E-state index contributed by atoms with van der Waals surface area (Å²) in [5.41, 5.74) is 9.81.